The molecule has 0 fully saturated rings. The molecule has 4 nitrogen and oxygen atoms in total. The zero-order valence-electron chi connectivity index (χ0n) is 13.8. The van der Waals surface area contributed by atoms with Crippen LogP contribution in [0, 0.1) is 0 Å². The smallest absolute Gasteiger partial charge is 0.131 e. The van der Waals surface area contributed by atoms with Crippen molar-refractivity contribution in [1.29, 1.82) is 0 Å². The minimum absolute atomic E-state index is 0.193. The first kappa shape index (κ1) is 16.0. The van der Waals surface area contributed by atoms with E-state index in [1.165, 1.54) is 11.1 Å². The number of rotatable bonds is 7. The molecule has 0 bridgehead atoms. The molecule has 4 heteroatoms. The van der Waals surface area contributed by atoms with Crippen LogP contribution in [0.5, 0.6) is 0 Å². The van der Waals surface area contributed by atoms with E-state index in [1.54, 1.807) is 6.33 Å². The molecule has 0 aliphatic rings. The summed E-state index contributed by atoms with van der Waals surface area (Å²) in [5.41, 5.74) is 2.55. The molecule has 0 radical (unpaired) electrons. The maximum absolute atomic E-state index is 4.31. The van der Waals surface area contributed by atoms with E-state index in [0.717, 1.165) is 24.6 Å². The predicted octanol–water partition coefficient (Wildman–Crippen LogP) is 4.30. The van der Waals surface area contributed by atoms with Crippen LogP contribution < -0.4 is 10.6 Å². The fourth-order valence-corrected chi connectivity index (χ4v) is 2.56. The van der Waals surface area contributed by atoms with E-state index in [4.69, 9.17) is 0 Å². The van der Waals surface area contributed by atoms with Crippen molar-refractivity contribution in [2.75, 3.05) is 17.2 Å². The van der Waals surface area contributed by atoms with E-state index in [2.05, 4.69) is 63.9 Å². The van der Waals surface area contributed by atoms with Gasteiger partial charge in [0.2, 0.25) is 0 Å². The fraction of sp³-hybridized carbons (Fsp3) is 0.200. The summed E-state index contributed by atoms with van der Waals surface area (Å²) in [7, 11) is 0. The summed E-state index contributed by atoms with van der Waals surface area (Å²) in [4.78, 5) is 8.60. The molecule has 0 unspecified atom stereocenters. The van der Waals surface area contributed by atoms with Gasteiger partial charge in [0.25, 0.3) is 0 Å². The SMILES string of the molecule is C[C@H](Nc1cc(NCCc2ccccc2)ncn1)c1ccccc1. The highest BCUT2D eigenvalue weighted by molar-refractivity contribution is 5.47. The Hall–Kier alpha value is -2.88. The largest absolute Gasteiger partial charge is 0.370 e. The van der Waals surface area contributed by atoms with Crippen LogP contribution in [-0.2, 0) is 6.42 Å². The maximum Gasteiger partial charge on any atom is 0.131 e. The van der Waals surface area contributed by atoms with Gasteiger partial charge in [-0.05, 0) is 24.5 Å². The highest BCUT2D eigenvalue weighted by atomic mass is 15.1. The van der Waals surface area contributed by atoms with Crippen LogP contribution in [0.2, 0.25) is 0 Å². The Labute approximate surface area is 143 Å². The number of aromatic nitrogens is 2. The summed E-state index contributed by atoms with van der Waals surface area (Å²) in [5, 5.41) is 6.77. The molecule has 0 saturated heterocycles. The molecule has 1 atom stereocenters. The lowest BCUT2D eigenvalue weighted by molar-refractivity contribution is 0.871. The van der Waals surface area contributed by atoms with Gasteiger partial charge in [-0.25, -0.2) is 9.97 Å². The number of hydrogen-bond donors (Lipinski definition) is 2. The second kappa shape index (κ2) is 8.11. The summed E-state index contributed by atoms with van der Waals surface area (Å²) in [6.07, 6.45) is 2.55. The third kappa shape index (κ3) is 4.56. The number of nitrogens with one attached hydrogen (secondary N) is 2. The molecule has 2 aromatic carbocycles. The number of nitrogens with zero attached hydrogens (tertiary/aromatic N) is 2. The number of benzene rings is 2. The zero-order valence-corrected chi connectivity index (χ0v) is 13.8. The van der Waals surface area contributed by atoms with Gasteiger partial charge in [0, 0.05) is 18.7 Å². The molecule has 2 N–H and O–H groups in total. The van der Waals surface area contributed by atoms with Crippen molar-refractivity contribution in [1.82, 2.24) is 9.97 Å². The zero-order chi connectivity index (χ0) is 16.6. The average Bonchev–Trinajstić information content (AvgIpc) is 2.64. The Morgan fingerprint density at radius 2 is 1.54 bits per heavy atom. The van der Waals surface area contributed by atoms with E-state index in [9.17, 15) is 0 Å². The average molecular weight is 318 g/mol. The molecule has 1 aromatic heterocycles. The van der Waals surface area contributed by atoms with Crippen LogP contribution in [0.3, 0.4) is 0 Å². The van der Waals surface area contributed by atoms with Gasteiger partial charge in [-0.1, -0.05) is 60.7 Å². The Morgan fingerprint density at radius 1 is 0.875 bits per heavy atom. The molecule has 3 aromatic rings. The lowest BCUT2D eigenvalue weighted by atomic mass is 10.1. The van der Waals surface area contributed by atoms with Crippen LogP contribution in [0.1, 0.15) is 24.1 Å². The van der Waals surface area contributed by atoms with E-state index in [-0.39, 0.29) is 6.04 Å². The van der Waals surface area contributed by atoms with Crippen molar-refractivity contribution >= 4 is 11.6 Å². The van der Waals surface area contributed by atoms with Gasteiger partial charge in [-0.2, -0.15) is 0 Å². The van der Waals surface area contributed by atoms with Crippen LogP contribution in [0.4, 0.5) is 11.6 Å². The molecular formula is C20H22N4. The van der Waals surface area contributed by atoms with E-state index >= 15 is 0 Å². The molecule has 1 heterocycles. The Kier molecular flexibility index (Phi) is 5.40. The minimum Gasteiger partial charge on any atom is -0.370 e. The molecule has 3 rings (SSSR count). The van der Waals surface area contributed by atoms with Gasteiger partial charge in [0.15, 0.2) is 0 Å². The van der Waals surface area contributed by atoms with Gasteiger partial charge in [0.1, 0.15) is 18.0 Å². The Morgan fingerprint density at radius 3 is 2.29 bits per heavy atom. The predicted molar refractivity (Wildman–Crippen MR) is 99.1 cm³/mol. The van der Waals surface area contributed by atoms with Crippen LogP contribution >= 0.6 is 0 Å². The Bertz CT molecular complexity index is 744. The van der Waals surface area contributed by atoms with Crippen LogP contribution in [0.15, 0.2) is 73.1 Å². The summed E-state index contributed by atoms with van der Waals surface area (Å²) in [5.74, 6) is 1.66. The lowest BCUT2D eigenvalue weighted by Crippen LogP contribution is -2.10. The second-order valence-electron chi connectivity index (χ2n) is 5.73. The summed E-state index contributed by atoms with van der Waals surface area (Å²) >= 11 is 0. The summed E-state index contributed by atoms with van der Waals surface area (Å²) < 4.78 is 0. The normalized spacial score (nSPS) is 11.7. The number of anilines is 2. The third-order valence-corrected chi connectivity index (χ3v) is 3.89. The van der Waals surface area contributed by atoms with Crippen molar-refractivity contribution in [3.8, 4) is 0 Å². The molecule has 0 amide bonds. The first-order valence-electron chi connectivity index (χ1n) is 8.22. The van der Waals surface area contributed by atoms with Crippen molar-refractivity contribution in [2.45, 2.75) is 19.4 Å². The lowest BCUT2D eigenvalue weighted by Gasteiger charge is -2.15. The van der Waals surface area contributed by atoms with Crippen molar-refractivity contribution in [2.24, 2.45) is 0 Å². The molecule has 0 aliphatic heterocycles. The van der Waals surface area contributed by atoms with E-state index < -0.39 is 0 Å². The van der Waals surface area contributed by atoms with Gasteiger partial charge in [-0.15, -0.1) is 0 Å². The number of hydrogen-bond acceptors (Lipinski definition) is 4. The third-order valence-electron chi connectivity index (χ3n) is 3.89. The maximum atomic E-state index is 4.31. The highest BCUT2D eigenvalue weighted by Crippen LogP contribution is 2.18. The summed E-state index contributed by atoms with van der Waals surface area (Å²) in [6.45, 7) is 2.97. The highest BCUT2D eigenvalue weighted by Gasteiger charge is 2.06. The van der Waals surface area contributed by atoms with Crippen LogP contribution in [0.25, 0.3) is 0 Å². The van der Waals surface area contributed by atoms with Gasteiger partial charge < -0.3 is 10.6 Å². The van der Waals surface area contributed by atoms with Crippen molar-refractivity contribution < 1.29 is 0 Å². The second-order valence-corrected chi connectivity index (χ2v) is 5.73. The fourth-order valence-electron chi connectivity index (χ4n) is 2.56. The van der Waals surface area contributed by atoms with Crippen molar-refractivity contribution in [3.63, 3.8) is 0 Å². The van der Waals surface area contributed by atoms with E-state index in [1.807, 2.05) is 30.3 Å². The first-order chi connectivity index (χ1) is 11.8. The molecule has 0 aliphatic carbocycles. The topological polar surface area (TPSA) is 49.8 Å². The monoisotopic (exact) mass is 318 g/mol. The molecule has 122 valence electrons. The molecule has 0 spiro atoms. The molecule has 0 saturated carbocycles. The van der Waals surface area contributed by atoms with E-state index in [0.29, 0.717) is 0 Å². The van der Waals surface area contributed by atoms with Crippen LogP contribution in [-0.4, -0.2) is 16.5 Å². The quantitative estimate of drug-likeness (QED) is 0.682. The molecule has 24 heavy (non-hydrogen) atoms. The van der Waals surface area contributed by atoms with Gasteiger partial charge in [0.05, 0.1) is 0 Å². The minimum atomic E-state index is 0.193. The standard InChI is InChI=1S/C20H22N4/c1-16(18-10-6-3-7-11-18)24-20-14-19(22-15-23-20)21-13-12-17-8-4-2-5-9-17/h2-11,14-16H,12-13H2,1H3,(H2,21,22,23,24)/t16-/m0/s1. The van der Waals surface area contributed by atoms with Gasteiger partial charge >= 0.3 is 0 Å². The Balaban J connectivity index is 1.56. The van der Waals surface area contributed by atoms with Crippen molar-refractivity contribution in [3.05, 3.63) is 84.2 Å². The molecular weight excluding hydrogens is 296 g/mol. The first-order valence-corrected chi connectivity index (χ1v) is 8.22. The summed E-state index contributed by atoms with van der Waals surface area (Å²) in [6, 6.07) is 22.9. The van der Waals surface area contributed by atoms with Gasteiger partial charge in [-0.3, -0.25) is 0 Å².